The number of aryl methyl sites for hydroxylation is 1. The summed E-state index contributed by atoms with van der Waals surface area (Å²) in [6, 6.07) is 1.61. The maximum absolute atomic E-state index is 14.5. The Morgan fingerprint density at radius 1 is 1.04 bits per heavy atom. The Morgan fingerprint density at radius 2 is 1.79 bits per heavy atom. The first kappa shape index (κ1) is 21.1. The van der Waals surface area contributed by atoms with E-state index in [1.54, 1.807) is 6.07 Å². The zero-order chi connectivity index (χ0) is 19.9. The molecule has 156 valence electrons. The number of allylic oxidation sites excluding steroid dienone is 1. The van der Waals surface area contributed by atoms with E-state index in [9.17, 15) is 8.78 Å². The maximum atomic E-state index is 14.5. The molecule has 0 saturated heterocycles. The lowest BCUT2D eigenvalue weighted by Crippen LogP contribution is -2.23. The Labute approximate surface area is 168 Å². The Bertz CT molecular complexity index is 663. The third kappa shape index (κ3) is 5.27. The lowest BCUT2D eigenvalue weighted by molar-refractivity contribution is 0.152. The highest BCUT2D eigenvalue weighted by Crippen LogP contribution is 2.37. The molecule has 1 aliphatic carbocycles. The minimum Gasteiger partial charge on any atom is -0.487 e. The van der Waals surface area contributed by atoms with Gasteiger partial charge in [-0.2, -0.15) is 8.78 Å². The number of hydrogen-bond acceptors (Lipinski definition) is 2. The van der Waals surface area contributed by atoms with E-state index in [-0.39, 0.29) is 24.2 Å². The first-order valence-electron chi connectivity index (χ1n) is 11.1. The van der Waals surface area contributed by atoms with E-state index in [0.717, 1.165) is 25.2 Å². The second kappa shape index (κ2) is 10.3. The Morgan fingerprint density at radius 3 is 2.50 bits per heavy atom. The molecule has 1 saturated carbocycles. The number of halogens is 2. The van der Waals surface area contributed by atoms with Crippen LogP contribution in [0.15, 0.2) is 18.2 Å². The fourth-order valence-electron chi connectivity index (χ4n) is 4.58. The summed E-state index contributed by atoms with van der Waals surface area (Å²) in [5.41, 5.74) is 0.708. The van der Waals surface area contributed by atoms with Gasteiger partial charge in [0, 0.05) is 5.56 Å². The van der Waals surface area contributed by atoms with Gasteiger partial charge >= 0.3 is 0 Å². The van der Waals surface area contributed by atoms with Gasteiger partial charge in [-0.15, -0.1) is 0 Å². The van der Waals surface area contributed by atoms with Gasteiger partial charge in [0.25, 0.3) is 0 Å². The van der Waals surface area contributed by atoms with Gasteiger partial charge < -0.3 is 9.47 Å². The largest absolute Gasteiger partial charge is 0.487 e. The van der Waals surface area contributed by atoms with Gasteiger partial charge in [0.05, 0.1) is 6.10 Å². The fourth-order valence-corrected chi connectivity index (χ4v) is 4.58. The molecular weight excluding hydrogens is 358 g/mol. The number of hydrogen-bond donors (Lipinski definition) is 0. The first-order chi connectivity index (χ1) is 13.6. The molecule has 1 aromatic rings. The quantitative estimate of drug-likeness (QED) is 0.443. The van der Waals surface area contributed by atoms with Crippen LogP contribution in [0, 0.1) is 23.5 Å². The predicted molar refractivity (Wildman–Crippen MR) is 109 cm³/mol. The molecule has 1 atom stereocenters. The molecule has 1 unspecified atom stereocenters. The highest BCUT2D eigenvalue weighted by Gasteiger charge is 2.27. The Balaban J connectivity index is 1.53. The molecule has 0 amide bonds. The Kier molecular flexibility index (Phi) is 7.75. The van der Waals surface area contributed by atoms with Crippen LogP contribution in [-0.4, -0.2) is 12.7 Å². The van der Waals surface area contributed by atoms with Crippen molar-refractivity contribution in [1.29, 1.82) is 0 Å². The fraction of sp³-hybridized carbons (Fsp3) is 0.667. The maximum Gasteiger partial charge on any atom is 0.204 e. The summed E-state index contributed by atoms with van der Waals surface area (Å²) >= 11 is 0. The molecule has 3 rings (SSSR count). The van der Waals surface area contributed by atoms with E-state index in [1.165, 1.54) is 38.5 Å². The van der Waals surface area contributed by atoms with Crippen molar-refractivity contribution in [2.45, 2.75) is 84.2 Å². The summed E-state index contributed by atoms with van der Waals surface area (Å²) < 4.78 is 40.1. The normalized spacial score (nSPS) is 24.8. The van der Waals surface area contributed by atoms with Crippen molar-refractivity contribution in [3.63, 3.8) is 0 Å². The van der Waals surface area contributed by atoms with E-state index < -0.39 is 11.6 Å². The summed E-state index contributed by atoms with van der Waals surface area (Å²) in [5, 5.41) is 0. The van der Waals surface area contributed by atoms with Crippen LogP contribution in [0.5, 0.6) is 11.5 Å². The minimum atomic E-state index is -0.940. The average Bonchev–Trinajstić information content (AvgIpc) is 2.71. The molecule has 2 nitrogen and oxygen atoms in total. The third-order valence-corrected chi connectivity index (χ3v) is 6.17. The van der Waals surface area contributed by atoms with Crippen molar-refractivity contribution in [2.24, 2.45) is 11.8 Å². The van der Waals surface area contributed by atoms with E-state index in [0.29, 0.717) is 17.9 Å². The van der Waals surface area contributed by atoms with Crippen LogP contribution < -0.4 is 9.47 Å². The second-order valence-electron chi connectivity index (χ2n) is 8.37. The van der Waals surface area contributed by atoms with Crippen molar-refractivity contribution in [3.05, 3.63) is 35.4 Å². The van der Waals surface area contributed by atoms with Crippen molar-refractivity contribution in [2.75, 3.05) is 6.61 Å². The summed E-state index contributed by atoms with van der Waals surface area (Å²) in [7, 11) is 0. The van der Waals surface area contributed by atoms with Crippen molar-refractivity contribution < 1.29 is 18.3 Å². The molecule has 1 heterocycles. The van der Waals surface area contributed by atoms with Gasteiger partial charge in [0.15, 0.2) is 11.5 Å². The van der Waals surface area contributed by atoms with Crippen LogP contribution in [-0.2, 0) is 6.42 Å². The molecule has 1 aromatic carbocycles. The summed E-state index contributed by atoms with van der Waals surface area (Å²) in [6.07, 6.45) is 15.1. The second-order valence-corrected chi connectivity index (χ2v) is 8.37. The molecule has 0 spiro atoms. The molecular formula is C24H34F2O2. The molecule has 2 aliphatic rings. The topological polar surface area (TPSA) is 18.5 Å². The molecule has 4 heteroatoms. The van der Waals surface area contributed by atoms with E-state index in [2.05, 4.69) is 19.9 Å². The lowest BCUT2D eigenvalue weighted by Gasteiger charge is -2.27. The average molecular weight is 393 g/mol. The number of rotatable bonds is 8. The lowest BCUT2D eigenvalue weighted by atomic mass is 9.80. The number of benzene rings is 1. The zero-order valence-electron chi connectivity index (χ0n) is 17.3. The van der Waals surface area contributed by atoms with Crippen LogP contribution in [0.25, 0.3) is 0 Å². The molecule has 0 bridgehead atoms. The van der Waals surface area contributed by atoms with E-state index >= 15 is 0 Å². The number of ether oxygens (including phenoxy) is 2. The third-order valence-electron chi connectivity index (χ3n) is 6.17. The smallest absolute Gasteiger partial charge is 0.204 e. The van der Waals surface area contributed by atoms with Crippen LogP contribution in [0.4, 0.5) is 8.78 Å². The van der Waals surface area contributed by atoms with Gasteiger partial charge in [0.1, 0.15) is 6.61 Å². The zero-order valence-corrected chi connectivity index (χ0v) is 17.3. The van der Waals surface area contributed by atoms with Gasteiger partial charge in [-0.3, -0.25) is 0 Å². The molecule has 0 aromatic heterocycles. The van der Waals surface area contributed by atoms with Gasteiger partial charge in [-0.1, -0.05) is 45.3 Å². The van der Waals surface area contributed by atoms with Gasteiger partial charge in [-0.05, 0) is 62.8 Å². The Hall–Kier alpha value is -1.58. The van der Waals surface area contributed by atoms with Crippen LogP contribution in [0.1, 0.15) is 77.2 Å². The SMILES string of the molecule is CCCC1CCC(C=CCOc2cc3c(c(F)c2F)OC(CCC)CC3)CC1. The van der Waals surface area contributed by atoms with Crippen LogP contribution in [0.3, 0.4) is 0 Å². The molecule has 0 radical (unpaired) electrons. The van der Waals surface area contributed by atoms with Gasteiger partial charge in [-0.25, -0.2) is 0 Å². The van der Waals surface area contributed by atoms with E-state index in [4.69, 9.17) is 9.47 Å². The van der Waals surface area contributed by atoms with Crippen molar-refractivity contribution >= 4 is 0 Å². The molecule has 28 heavy (non-hydrogen) atoms. The van der Waals surface area contributed by atoms with Crippen LogP contribution >= 0.6 is 0 Å². The summed E-state index contributed by atoms with van der Waals surface area (Å²) in [4.78, 5) is 0. The van der Waals surface area contributed by atoms with Crippen molar-refractivity contribution in [3.8, 4) is 11.5 Å². The predicted octanol–water partition coefficient (Wildman–Crippen LogP) is 7.00. The first-order valence-corrected chi connectivity index (χ1v) is 11.1. The van der Waals surface area contributed by atoms with Gasteiger partial charge in [0.2, 0.25) is 11.6 Å². The molecule has 0 N–H and O–H groups in total. The van der Waals surface area contributed by atoms with Crippen molar-refractivity contribution in [1.82, 2.24) is 0 Å². The monoisotopic (exact) mass is 392 g/mol. The van der Waals surface area contributed by atoms with Crippen LogP contribution in [0.2, 0.25) is 0 Å². The molecule has 1 aliphatic heterocycles. The summed E-state index contributed by atoms with van der Waals surface area (Å²) in [5.74, 6) is -0.307. The summed E-state index contributed by atoms with van der Waals surface area (Å²) in [6.45, 7) is 4.59. The molecule has 1 fully saturated rings. The van der Waals surface area contributed by atoms with E-state index in [1.807, 2.05) is 6.08 Å². The highest BCUT2D eigenvalue weighted by molar-refractivity contribution is 5.44. The number of fused-ring (bicyclic) bond motifs is 1. The minimum absolute atomic E-state index is 0.00917. The highest BCUT2D eigenvalue weighted by atomic mass is 19.2. The standard InChI is InChI=1S/C24H34F2O2/c1-3-6-17-9-11-18(12-10-17)8-5-15-27-21-16-19-13-14-20(7-4-2)28-24(19)23(26)22(21)25/h5,8,16-18,20H,3-4,6-7,9-15H2,1-2H3.